The number of nitrogens with two attached hydrogens (primary N) is 1. The van der Waals surface area contributed by atoms with Gasteiger partial charge in [-0.25, -0.2) is 0 Å². The molecule has 0 radical (unpaired) electrons. The molecule has 4 nitrogen and oxygen atoms in total. The van der Waals surface area contributed by atoms with E-state index >= 15 is 0 Å². The van der Waals surface area contributed by atoms with Gasteiger partial charge in [0.1, 0.15) is 6.04 Å². The maximum Gasteiger partial charge on any atom is 0.320 e. The molecule has 0 spiro atoms. The zero-order valence-electron chi connectivity index (χ0n) is 7.92. The predicted molar refractivity (Wildman–Crippen MR) is 58.2 cm³/mol. The standard InChI is InChI=1S/C10H11NO3.ClH/c11-8(10(13)14)6-9(12)7-4-2-1-3-5-7;/h1-5,8H,6,11H2,(H,13,14);1H/t8-;/m1./s1. The number of carbonyl (C=O) groups excluding carboxylic acids is 1. The third-order valence-corrected chi connectivity index (χ3v) is 1.82. The smallest absolute Gasteiger partial charge is 0.320 e. The first-order valence-corrected chi connectivity index (χ1v) is 4.18. The van der Waals surface area contributed by atoms with Gasteiger partial charge in [-0.2, -0.15) is 0 Å². The van der Waals surface area contributed by atoms with E-state index < -0.39 is 12.0 Å². The normalized spacial score (nSPS) is 11.3. The van der Waals surface area contributed by atoms with Gasteiger partial charge < -0.3 is 10.8 Å². The van der Waals surface area contributed by atoms with Gasteiger partial charge in [0.25, 0.3) is 0 Å². The minimum Gasteiger partial charge on any atom is -0.480 e. The number of hydrogen-bond donors (Lipinski definition) is 2. The van der Waals surface area contributed by atoms with E-state index in [4.69, 9.17) is 10.8 Å². The van der Waals surface area contributed by atoms with Crippen LogP contribution in [0, 0.1) is 0 Å². The monoisotopic (exact) mass is 229 g/mol. The molecular weight excluding hydrogens is 218 g/mol. The number of aliphatic carboxylic acids is 1. The van der Waals surface area contributed by atoms with E-state index in [0.717, 1.165) is 0 Å². The van der Waals surface area contributed by atoms with Crippen LogP contribution < -0.4 is 5.73 Å². The van der Waals surface area contributed by atoms with Crippen molar-refractivity contribution < 1.29 is 14.7 Å². The summed E-state index contributed by atoms with van der Waals surface area (Å²) in [6.45, 7) is 0. The number of halogens is 1. The third-order valence-electron chi connectivity index (χ3n) is 1.82. The Morgan fingerprint density at radius 2 is 1.80 bits per heavy atom. The molecular formula is C10H12ClNO3. The summed E-state index contributed by atoms with van der Waals surface area (Å²) in [5.41, 5.74) is 5.72. The van der Waals surface area contributed by atoms with Crippen molar-refractivity contribution in [2.45, 2.75) is 12.5 Å². The molecule has 0 heterocycles. The van der Waals surface area contributed by atoms with Gasteiger partial charge in [-0.05, 0) is 0 Å². The first-order chi connectivity index (χ1) is 6.61. The molecule has 0 saturated heterocycles. The second-order valence-electron chi connectivity index (χ2n) is 2.94. The Morgan fingerprint density at radius 1 is 1.27 bits per heavy atom. The van der Waals surface area contributed by atoms with Crippen LogP contribution in [0.3, 0.4) is 0 Å². The summed E-state index contributed by atoms with van der Waals surface area (Å²) in [5.74, 6) is -1.41. The molecule has 1 aromatic rings. The Labute approximate surface area is 93.5 Å². The van der Waals surface area contributed by atoms with Gasteiger partial charge in [-0.15, -0.1) is 12.4 Å². The molecule has 0 fully saturated rings. The maximum atomic E-state index is 11.4. The Kier molecular flexibility index (Phi) is 5.59. The van der Waals surface area contributed by atoms with E-state index in [9.17, 15) is 9.59 Å². The summed E-state index contributed by atoms with van der Waals surface area (Å²) in [6.07, 6.45) is -0.167. The Balaban J connectivity index is 0.00000196. The molecule has 82 valence electrons. The SMILES string of the molecule is Cl.N[C@H](CC(=O)c1ccccc1)C(=O)O. The van der Waals surface area contributed by atoms with Gasteiger partial charge in [0.2, 0.25) is 0 Å². The molecule has 15 heavy (non-hydrogen) atoms. The molecule has 5 heteroatoms. The van der Waals surface area contributed by atoms with E-state index in [2.05, 4.69) is 0 Å². The van der Waals surface area contributed by atoms with Crippen molar-refractivity contribution in [2.24, 2.45) is 5.73 Å². The number of Topliss-reactive ketones (excluding diaryl/α,β-unsaturated/α-hetero) is 1. The summed E-state index contributed by atoms with van der Waals surface area (Å²) in [4.78, 5) is 21.8. The number of hydrogen-bond acceptors (Lipinski definition) is 3. The lowest BCUT2D eigenvalue weighted by molar-refractivity contribution is -0.138. The molecule has 1 atom stereocenters. The summed E-state index contributed by atoms with van der Waals surface area (Å²) < 4.78 is 0. The topological polar surface area (TPSA) is 80.4 Å². The van der Waals surface area contributed by atoms with Crippen molar-refractivity contribution in [3.8, 4) is 0 Å². The predicted octanol–water partition coefficient (Wildman–Crippen LogP) is 1.09. The van der Waals surface area contributed by atoms with Gasteiger partial charge >= 0.3 is 5.97 Å². The Hall–Kier alpha value is -1.39. The van der Waals surface area contributed by atoms with Crippen molar-refractivity contribution in [2.75, 3.05) is 0 Å². The van der Waals surface area contributed by atoms with Crippen LogP contribution in [0.2, 0.25) is 0 Å². The number of rotatable bonds is 4. The van der Waals surface area contributed by atoms with E-state index in [1.807, 2.05) is 0 Å². The van der Waals surface area contributed by atoms with Crippen LogP contribution in [0.5, 0.6) is 0 Å². The van der Waals surface area contributed by atoms with Crippen LogP contribution >= 0.6 is 12.4 Å². The molecule has 0 aromatic heterocycles. The Morgan fingerprint density at radius 3 is 2.27 bits per heavy atom. The number of carbonyl (C=O) groups is 2. The maximum absolute atomic E-state index is 11.4. The van der Waals surface area contributed by atoms with Crippen molar-refractivity contribution >= 4 is 24.2 Å². The highest BCUT2D eigenvalue weighted by molar-refractivity contribution is 5.98. The minimum atomic E-state index is -1.16. The summed E-state index contributed by atoms with van der Waals surface area (Å²) in [5, 5.41) is 8.50. The number of ketones is 1. The summed E-state index contributed by atoms with van der Waals surface area (Å²) in [6, 6.07) is 7.38. The molecule has 0 saturated carbocycles. The average molecular weight is 230 g/mol. The molecule has 0 aliphatic carbocycles. The average Bonchev–Trinajstić information content (AvgIpc) is 2.19. The zero-order valence-corrected chi connectivity index (χ0v) is 8.74. The van der Waals surface area contributed by atoms with E-state index in [-0.39, 0.29) is 24.6 Å². The lowest BCUT2D eigenvalue weighted by Gasteiger charge is -2.04. The summed E-state index contributed by atoms with van der Waals surface area (Å²) in [7, 11) is 0. The lowest BCUT2D eigenvalue weighted by atomic mass is 10.0. The fraction of sp³-hybridized carbons (Fsp3) is 0.200. The third kappa shape index (κ3) is 4.10. The van der Waals surface area contributed by atoms with Gasteiger partial charge in [-0.3, -0.25) is 9.59 Å². The van der Waals surface area contributed by atoms with Crippen molar-refractivity contribution in [3.63, 3.8) is 0 Å². The number of carboxylic acid groups (broad SMARTS) is 1. The largest absolute Gasteiger partial charge is 0.480 e. The quantitative estimate of drug-likeness (QED) is 0.758. The van der Waals surface area contributed by atoms with Gasteiger partial charge in [0.05, 0.1) is 0 Å². The molecule has 3 N–H and O–H groups in total. The first-order valence-electron chi connectivity index (χ1n) is 4.18. The molecule has 0 bridgehead atoms. The van der Waals surface area contributed by atoms with Crippen LogP contribution in [0.1, 0.15) is 16.8 Å². The van der Waals surface area contributed by atoms with Crippen LogP contribution in [0.15, 0.2) is 30.3 Å². The molecule has 0 amide bonds. The van der Waals surface area contributed by atoms with Crippen molar-refractivity contribution in [1.82, 2.24) is 0 Å². The molecule has 1 rings (SSSR count). The van der Waals surface area contributed by atoms with E-state index in [0.29, 0.717) is 5.56 Å². The summed E-state index contributed by atoms with van der Waals surface area (Å²) >= 11 is 0. The molecule has 0 unspecified atom stereocenters. The Bertz CT molecular complexity index is 340. The highest BCUT2D eigenvalue weighted by Gasteiger charge is 2.16. The second-order valence-corrected chi connectivity index (χ2v) is 2.94. The van der Waals surface area contributed by atoms with Gasteiger partial charge in [0.15, 0.2) is 5.78 Å². The van der Waals surface area contributed by atoms with Crippen molar-refractivity contribution in [3.05, 3.63) is 35.9 Å². The molecule has 0 aliphatic rings. The van der Waals surface area contributed by atoms with Crippen LogP contribution in [0.4, 0.5) is 0 Å². The van der Waals surface area contributed by atoms with Gasteiger partial charge in [0, 0.05) is 12.0 Å². The van der Waals surface area contributed by atoms with Crippen LogP contribution in [-0.4, -0.2) is 22.9 Å². The van der Waals surface area contributed by atoms with Gasteiger partial charge in [-0.1, -0.05) is 30.3 Å². The zero-order chi connectivity index (χ0) is 10.6. The number of carboxylic acids is 1. The lowest BCUT2D eigenvalue weighted by Crippen LogP contribution is -2.32. The highest BCUT2D eigenvalue weighted by Crippen LogP contribution is 2.04. The van der Waals surface area contributed by atoms with Crippen LogP contribution in [0.25, 0.3) is 0 Å². The fourth-order valence-corrected chi connectivity index (χ4v) is 1.03. The highest BCUT2D eigenvalue weighted by atomic mass is 35.5. The van der Waals surface area contributed by atoms with Crippen molar-refractivity contribution in [1.29, 1.82) is 0 Å². The number of benzene rings is 1. The molecule has 1 aromatic carbocycles. The first kappa shape index (κ1) is 13.6. The molecule has 0 aliphatic heterocycles. The van der Waals surface area contributed by atoms with E-state index in [1.165, 1.54) is 0 Å². The fourth-order valence-electron chi connectivity index (χ4n) is 1.03. The van der Waals surface area contributed by atoms with Crippen LogP contribution in [-0.2, 0) is 4.79 Å². The second kappa shape index (κ2) is 6.16. The van der Waals surface area contributed by atoms with E-state index in [1.54, 1.807) is 30.3 Å². The minimum absolute atomic E-state index is 0.